The van der Waals surface area contributed by atoms with Gasteiger partial charge >= 0.3 is 7.82 Å². The summed E-state index contributed by atoms with van der Waals surface area (Å²) in [5.74, 6) is -0.155. The van der Waals surface area contributed by atoms with E-state index in [0.29, 0.717) is 12.8 Å². The Labute approximate surface area is 342 Å². The molecule has 0 aromatic rings. The van der Waals surface area contributed by atoms with Crippen LogP contribution in [0.15, 0.2) is 0 Å². The fourth-order valence-electron chi connectivity index (χ4n) is 7.55. The largest absolute Gasteiger partial charge is 0.472 e. The molecule has 1 amide bonds. The number of hydrogen-bond acceptors (Lipinski definition) is 6. The van der Waals surface area contributed by atoms with Crippen LogP contribution in [0, 0.1) is 0 Å². The van der Waals surface area contributed by atoms with Crippen LogP contribution in [0.25, 0.3) is 0 Å². The van der Waals surface area contributed by atoms with E-state index in [1.165, 1.54) is 193 Å². The molecule has 0 aliphatic heterocycles. The van der Waals surface area contributed by atoms with Gasteiger partial charge in [0, 0.05) is 13.0 Å². The maximum absolute atomic E-state index is 12.8. The van der Waals surface area contributed by atoms with Gasteiger partial charge in [0.1, 0.15) is 0 Å². The van der Waals surface area contributed by atoms with Crippen LogP contribution in [0.1, 0.15) is 258 Å². The van der Waals surface area contributed by atoms with Gasteiger partial charge in [-0.2, -0.15) is 0 Å². The average molecular weight is 803 g/mol. The van der Waals surface area contributed by atoms with Crippen LogP contribution in [-0.4, -0.2) is 47.8 Å². The van der Waals surface area contributed by atoms with Crippen molar-refractivity contribution < 1.29 is 28.4 Å². The van der Waals surface area contributed by atoms with Gasteiger partial charge in [0.25, 0.3) is 0 Å². The molecule has 5 N–H and O–H groups in total. The van der Waals surface area contributed by atoms with E-state index in [0.717, 1.165) is 38.5 Å². The number of rotatable bonds is 46. The maximum atomic E-state index is 12.8. The summed E-state index contributed by atoms with van der Waals surface area (Å²) < 4.78 is 22.2. The predicted molar refractivity (Wildman–Crippen MR) is 236 cm³/mol. The lowest BCUT2D eigenvalue weighted by Crippen LogP contribution is -2.46. The van der Waals surface area contributed by atoms with Crippen molar-refractivity contribution in [2.45, 2.75) is 270 Å². The Hall–Kier alpha value is -0.500. The van der Waals surface area contributed by atoms with Gasteiger partial charge < -0.3 is 21.1 Å². The van der Waals surface area contributed by atoms with Gasteiger partial charge in [0.05, 0.1) is 25.4 Å². The first-order valence-electron chi connectivity index (χ1n) is 24.2. The van der Waals surface area contributed by atoms with Crippen molar-refractivity contribution in [2.24, 2.45) is 5.73 Å². The van der Waals surface area contributed by atoms with Gasteiger partial charge in [-0.1, -0.05) is 239 Å². The van der Waals surface area contributed by atoms with E-state index in [2.05, 4.69) is 19.2 Å². The number of phosphoric ester groups is 1. The summed E-state index contributed by atoms with van der Waals surface area (Å²) in [5.41, 5.74) is 5.39. The molecule has 0 saturated heterocycles. The molecule has 0 rings (SSSR count). The Morgan fingerprint density at radius 2 is 0.836 bits per heavy atom. The smallest absolute Gasteiger partial charge is 0.391 e. The molecular weight excluding hydrogens is 707 g/mol. The number of aliphatic hydroxyl groups is 1. The molecule has 0 aliphatic rings. The number of hydrogen-bond donors (Lipinski definition) is 4. The second kappa shape index (κ2) is 43.1. The lowest BCUT2D eigenvalue weighted by molar-refractivity contribution is -0.123. The summed E-state index contributed by atoms with van der Waals surface area (Å²) in [5, 5.41) is 13.8. The zero-order valence-electron chi connectivity index (χ0n) is 36.7. The molecule has 0 bridgehead atoms. The van der Waals surface area contributed by atoms with Crippen LogP contribution in [0.4, 0.5) is 0 Å². The Balaban J connectivity index is 3.97. The van der Waals surface area contributed by atoms with E-state index >= 15 is 0 Å². The van der Waals surface area contributed by atoms with Crippen LogP contribution < -0.4 is 11.1 Å². The van der Waals surface area contributed by atoms with Gasteiger partial charge in [0.15, 0.2) is 0 Å². The van der Waals surface area contributed by atoms with Crippen molar-refractivity contribution >= 4 is 13.7 Å². The fraction of sp³-hybridized carbons (Fsp3) is 0.978. The average Bonchev–Trinajstić information content (AvgIpc) is 3.17. The SMILES string of the molecule is CCCCCCCCCCCCCCCCCCCCCCCCCC(=O)NC(COP(=O)(O)OCCN)C(O)CCCCCCCCCCCCCCC. The van der Waals surface area contributed by atoms with Gasteiger partial charge in [-0.3, -0.25) is 13.8 Å². The van der Waals surface area contributed by atoms with Crippen molar-refractivity contribution in [1.82, 2.24) is 5.32 Å². The first kappa shape index (κ1) is 54.5. The minimum atomic E-state index is -4.31. The zero-order valence-corrected chi connectivity index (χ0v) is 37.6. The lowest BCUT2D eigenvalue weighted by Gasteiger charge is -2.25. The summed E-state index contributed by atoms with van der Waals surface area (Å²) in [6, 6.07) is -0.767. The lowest BCUT2D eigenvalue weighted by atomic mass is 10.0. The molecule has 330 valence electrons. The molecule has 0 aliphatic carbocycles. The summed E-state index contributed by atoms with van der Waals surface area (Å²) in [6.07, 6.45) is 46.9. The molecule has 3 unspecified atom stereocenters. The molecule has 0 aromatic carbocycles. The molecule has 0 aromatic heterocycles. The normalized spacial score (nSPS) is 13.9. The monoisotopic (exact) mass is 803 g/mol. The van der Waals surface area contributed by atoms with Crippen molar-refractivity contribution in [1.29, 1.82) is 0 Å². The number of carbonyl (C=O) groups is 1. The molecule has 0 saturated carbocycles. The van der Waals surface area contributed by atoms with E-state index in [-0.39, 0.29) is 25.7 Å². The van der Waals surface area contributed by atoms with Crippen LogP contribution in [-0.2, 0) is 18.4 Å². The van der Waals surface area contributed by atoms with Crippen LogP contribution in [0.5, 0.6) is 0 Å². The maximum Gasteiger partial charge on any atom is 0.472 e. The molecule has 0 fully saturated rings. The fourth-order valence-corrected chi connectivity index (χ4v) is 8.31. The van der Waals surface area contributed by atoms with Crippen LogP contribution in [0.2, 0.25) is 0 Å². The molecule has 0 spiro atoms. The number of phosphoric acid groups is 1. The summed E-state index contributed by atoms with van der Waals surface area (Å²) in [7, 11) is -4.31. The summed E-state index contributed by atoms with van der Waals surface area (Å²) in [6.45, 7) is 4.24. The summed E-state index contributed by atoms with van der Waals surface area (Å²) >= 11 is 0. The Kier molecular flexibility index (Phi) is 42.7. The number of nitrogens with two attached hydrogens (primary N) is 1. The third kappa shape index (κ3) is 41.5. The van der Waals surface area contributed by atoms with Gasteiger partial charge in [-0.05, 0) is 12.8 Å². The highest BCUT2D eigenvalue weighted by atomic mass is 31.2. The van der Waals surface area contributed by atoms with Crippen molar-refractivity contribution in [2.75, 3.05) is 19.8 Å². The molecule has 9 heteroatoms. The molecule has 8 nitrogen and oxygen atoms in total. The van der Waals surface area contributed by atoms with E-state index in [1.54, 1.807) is 0 Å². The second-order valence-electron chi connectivity index (χ2n) is 16.7. The number of carbonyl (C=O) groups excluding carboxylic acids is 1. The standard InChI is InChI=1S/C46H95N2O6P/c1-3-5-7-9-11-13-15-17-18-19-20-21-22-23-24-25-26-28-30-32-34-36-38-40-46(50)48-44(43-54-55(51,52)53-42-41-47)45(49)39-37-35-33-31-29-27-16-14-12-10-8-6-4-2/h44-45,49H,3-43,47H2,1-2H3,(H,48,50)(H,51,52). The minimum Gasteiger partial charge on any atom is -0.391 e. The van der Waals surface area contributed by atoms with Gasteiger partial charge in [-0.15, -0.1) is 0 Å². The number of amides is 1. The topological polar surface area (TPSA) is 131 Å². The van der Waals surface area contributed by atoms with Gasteiger partial charge in [0.2, 0.25) is 5.91 Å². The zero-order chi connectivity index (χ0) is 40.3. The first-order valence-corrected chi connectivity index (χ1v) is 25.6. The van der Waals surface area contributed by atoms with Crippen molar-refractivity contribution in [3.63, 3.8) is 0 Å². The summed E-state index contributed by atoms with van der Waals surface area (Å²) in [4.78, 5) is 22.8. The molecule has 0 radical (unpaired) electrons. The third-order valence-corrected chi connectivity index (χ3v) is 12.2. The highest BCUT2D eigenvalue weighted by Crippen LogP contribution is 2.43. The molecular formula is C46H95N2O6P. The van der Waals surface area contributed by atoms with E-state index in [4.69, 9.17) is 14.8 Å². The van der Waals surface area contributed by atoms with Crippen molar-refractivity contribution in [3.05, 3.63) is 0 Å². The van der Waals surface area contributed by atoms with E-state index in [9.17, 15) is 19.4 Å². The van der Waals surface area contributed by atoms with E-state index in [1.807, 2.05) is 0 Å². The van der Waals surface area contributed by atoms with Crippen molar-refractivity contribution in [3.8, 4) is 0 Å². The highest BCUT2D eigenvalue weighted by Gasteiger charge is 2.27. The Morgan fingerprint density at radius 1 is 0.527 bits per heavy atom. The number of nitrogens with one attached hydrogen (secondary N) is 1. The molecule has 55 heavy (non-hydrogen) atoms. The van der Waals surface area contributed by atoms with Gasteiger partial charge in [-0.25, -0.2) is 4.57 Å². The first-order chi connectivity index (χ1) is 26.9. The quantitative estimate of drug-likeness (QED) is 0.0356. The number of unbranched alkanes of at least 4 members (excludes halogenated alkanes) is 34. The predicted octanol–water partition coefficient (Wildman–Crippen LogP) is 13.8. The molecule has 0 heterocycles. The third-order valence-electron chi connectivity index (χ3n) is 11.2. The van der Waals surface area contributed by atoms with Crippen LogP contribution in [0.3, 0.4) is 0 Å². The highest BCUT2D eigenvalue weighted by molar-refractivity contribution is 7.47. The van der Waals surface area contributed by atoms with E-state index < -0.39 is 20.0 Å². The minimum absolute atomic E-state index is 0.0926. The Bertz CT molecular complexity index is 834. The second-order valence-corrected chi connectivity index (χ2v) is 18.1. The number of aliphatic hydroxyl groups excluding tert-OH is 1. The Morgan fingerprint density at radius 3 is 1.16 bits per heavy atom. The molecule has 3 atom stereocenters. The van der Waals surface area contributed by atoms with Crippen LogP contribution >= 0.6 is 7.82 Å².